The molecule has 182 valence electrons. The van der Waals surface area contributed by atoms with Gasteiger partial charge in [-0.1, -0.05) is 4.98 Å². The summed E-state index contributed by atoms with van der Waals surface area (Å²) >= 11 is 0. The van der Waals surface area contributed by atoms with Gasteiger partial charge in [0.25, 0.3) is 5.82 Å². The van der Waals surface area contributed by atoms with E-state index in [-0.39, 0.29) is 18.6 Å². The van der Waals surface area contributed by atoms with Gasteiger partial charge in [-0.05, 0) is 25.2 Å². The molecular weight excluding hydrogens is 484 g/mol. The number of anilines is 1. The minimum absolute atomic E-state index is 0.0784. The van der Waals surface area contributed by atoms with Crippen molar-refractivity contribution in [1.82, 2.24) is 14.5 Å². The number of nitrogens with zero attached hydrogens (tertiary/aromatic N) is 4. The number of aromatic nitrogens is 4. The van der Waals surface area contributed by atoms with Crippen molar-refractivity contribution in [2.75, 3.05) is 18.9 Å². The summed E-state index contributed by atoms with van der Waals surface area (Å²) < 4.78 is 47.1. The van der Waals surface area contributed by atoms with Gasteiger partial charge in [0.15, 0.2) is 11.7 Å². The summed E-state index contributed by atoms with van der Waals surface area (Å²) in [5.74, 6) is 0.211. The maximum Gasteiger partial charge on any atom is 0.481 e. The number of phosphoric acid groups is 2. The highest BCUT2D eigenvalue weighted by Gasteiger charge is 2.47. The standard InChI is InChI=1S/C16H23N5O10P2/c17-14-11-15-19-7-20(14)9-2-1-8(3-9)4-28-32(24,25)31-33(26,27)29-5-10-12(22)13(23)16(30-10)21(15)6-18-11/h6-10,12-13,16-17,22-23H,1-5H2,(H2,24,25,26,27)/p+1/t8-,9+,10-,12-,13-,16-/m1/s1. The molecule has 3 aliphatic heterocycles. The summed E-state index contributed by atoms with van der Waals surface area (Å²) in [5.41, 5.74) is 7.04. The van der Waals surface area contributed by atoms with E-state index in [1.807, 2.05) is 0 Å². The number of aliphatic hydroxyl groups excluding tert-OH is 2. The average Bonchev–Trinajstić information content (AvgIpc) is 3.44. The van der Waals surface area contributed by atoms with Crippen LogP contribution in [-0.2, 0) is 27.2 Å². The van der Waals surface area contributed by atoms with Gasteiger partial charge < -0.3 is 30.5 Å². The second-order valence-electron chi connectivity index (χ2n) is 8.35. The summed E-state index contributed by atoms with van der Waals surface area (Å²) in [6, 6.07) is -0.0784. The molecule has 2 aromatic rings. The van der Waals surface area contributed by atoms with Gasteiger partial charge in [-0.25, -0.2) is 18.7 Å². The Hall–Kier alpha value is -1.51. The molecule has 0 aromatic carbocycles. The molecule has 4 aliphatic rings. The number of aliphatic hydroxyl groups is 2. The van der Waals surface area contributed by atoms with E-state index in [4.69, 9.17) is 19.5 Å². The van der Waals surface area contributed by atoms with E-state index in [1.54, 1.807) is 10.9 Å². The van der Waals surface area contributed by atoms with Gasteiger partial charge in [0.05, 0.1) is 19.3 Å². The molecule has 2 unspecified atom stereocenters. The molecular formula is C16H24N5O10P2+. The van der Waals surface area contributed by atoms with Crippen LogP contribution >= 0.6 is 15.6 Å². The highest BCUT2D eigenvalue weighted by Crippen LogP contribution is 2.61. The Balaban J connectivity index is 1.53. The predicted molar refractivity (Wildman–Crippen MR) is 107 cm³/mol. The largest absolute Gasteiger partial charge is 0.481 e. The van der Waals surface area contributed by atoms with Crippen LogP contribution in [0.1, 0.15) is 31.5 Å². The van der Waals surface area contributed by atoms with Crippen LogP contribution in [0.15, 0.2) is 12.7 Å². The molecule has 1 saturated heterocycles. The van der Waals surface area contributed by atoms with Crippen molar-refractivity contribution in [3.63, 3.8) is 0 Å². The SMILES string of the molecule is Nc1c2ncn3c2nc[n+]1[C@H]1CC[C@@H](COP(=O)(O)OP(=O)(O)OC[C@H]2O[C@@H]3[C@H](O)[C@@H]2O)C1. The fraction of sp³-hybridized carbons (Fsp3) is 0.688. The van der Waals surface area contributed by atoms with Crippen molar-refractivity contribution >= 4 is 32.6 Å². The second kappa shape index (κ2) is 8.31. The molecule has 33 heavy (non-hydrogen) atoms. The molecule has 1 saturated carbocycles. The maximum absolute atomic E-state index is 12.2. The van der Waals surface area contributed by atoms with E-state index < -0.39 is 46.8 Å². The zero-order chi connectivity index (χ0) is 23.5. The minimum atomic E-state index is -5.06. The lowest BCUT2D eigenvalue weighted by molar-refractivity contribution is -0.710. The van der Waals surface area contributed by atoms with Gasteiger partial charge in [0, 0.05) is 0 Å². The van der Waals surface area contributed by atoms with Gasteiger partial charge in [-0.3, -0.25) is 13.6 Å². The number of phosphoric ester groups is 2. The van der Waals surface area contributed by atoms with E-state index >= 15 is 0 Å². The molecule has 8 atom stereocenters. The number of nitrogen functional groups attached to an aromatic ring is 1. The van der Waals surface area contributed by atoms with Gasteiger partial charge in [-0.2, -0.15) is 4.31 Å². The Bertz CT molecular complexity index is 1160. The molecule has 2 fully saturated rings. The molecule has 5 heterocycles. The van der Waals surface area contributed by atoms with Gasteiger partial charge in [0.1, 0.15) is 24.6 Å². The molecule has 8 bridgehead atoms. The van der Waals surface area contributed by atoms with Crippen molar-refractivity contribution < 1.29 is 51.8 Å². The summed E-state index contributed by atoms with van der Waals surface area (Å²) in [4.78, 5) is 28.4. The Morgan fingerprint density at radius 3 is 2.58 bits per heavy atom. The molecule has 0 radical (unpaired) electrons. The molecule has 0 spiro atoms. The number of rotatable bonds is 0. The lowest BCUT2D eigenvalue weighted by atomic mass is 10.1. The van der Waals surface area contributed by atoms with Crippen LogP contribution in [0.3, 0.4) is 0 Å². The second-order valence-corrected chi connectivity index (χ2v) is 11.4. The number of hydrogen-bond acceptors (Lipinski definition) is 11. The molecule has 17 heteroatoms. The highest BCUT2D eigenvalue weighted by atomic mass is 31.3. The van der Waals surface area contributed by atoms with Crippen LogP contribution in [0, 0.1) is 5.92 Å². The Kier molecular flexibility index (Phi) is 5.85. The lowest BCUT2D eigenvalue weighted by Crippen LogP contribution is -2.42. The van der Waals surface area contributed by atoms with E-state index in [2.05, 4.69) is 14.3 Å². The summed E-state index contributed by atoms with van der Waals surface area (Å²) in [6.45, 7) is -0.914. The van der Waals surface area contributed by atoms with Crippen molar-refractivity contribution in [3.05, 3.63) is 12.7 Å². The fourth-order valence-corrected chi connectivity index (χ4v) is 6.69. The van der Waals surface area contributed by atoms with Crippen LogP contribution in [0.5, 0.6) is 0 Å². The first-order valence-electron chi connectivity index (χ1n) is 10.2. The maximum atomic E-state index is 12.2. The monoisotopic (exact) mass is 508 g/mol. The number of nitrogens with two attached hydrogens (primary N) is 1. The van der Waals surface area contributed by atoms with Crippen molar-refractivity contribution in [2.45, 2.75) is 49.8 Å². The molecule has 1 aliphatic carbocycles. The van der Waals surface area contributed by atoms with Crippen molar-refractivity contribution in [2.24, 2.45) is 5.92 Å². The van der Waals surface area contributed by atoms with E-state index in [0.29, 0.717) is 36.2 Å². The first kappa shape index (κ1) is 23.2. The normalized spacial score (nSPS) is 42.1. The third kappa shape index (κ3) is 4.34. The number of ether oxygens (including phenoxy) is 1. The van der Waals surface area contributed by atoms with Crippen molar-refractivity contribution in [1.29, 1.82) is 0 Å². The van der Waals surface area contributed by atoms with Crippen LogP contribution in [-0.4, -0.2) is 66.1 Å². The van der Waals surface area contributed by atoms with E-state index in [9.17, 15) is 29.1 Å². The number of hydrogen-bond donors (Lipinski definition) is 5. The van der Waals surface area contributed by atoms with Crippen LogP contribution in [0.4, 0.5) is 5.82 Å². The summed E-state index contributed by atoms with van der Waals surface area (Å²) in [5, 5.41) is 20.9. The fourth-order valence-electron chi connectivity index (χ4n) is 4.54. The zero-order valence-corrected chi connectivity index (χ0v) is 18.9. The predicted octanol–water partition coefficient (Wildman–Crippen LogP) is -0.474. The molecule has 6 rings (SSSR count). The van der Waals surface area contributed by atoms with Gasteiger partial charge in [-0.15, -0.1) is 0 Å². The smallest absolute Gasteiger partial charge is 0.387 e. The third-order valence-corrected chi connectivity index (χ3v) is 8.79. The third-order valence-electron chi connectivity index (χ3n) is 6.19. The lowest BCUT2D eigenvalue weighted by Gasteiger charge is -2.20. The van der Waals surface area contributed by atoms with Crippen LogP contribution in [0.25, 0.3) is 11.2 Å². The molecule has 0 amide bonds. The topological polar surface area (TPSA) is 213 Å². The van der Waals surface area contributed by atoms with E-state index in [0.717, 1.165) is 0 Å². The average molecular weight is 508 g/mol. The quantitative estimate of drug-likeness (QED) is 0.225. The number of imidazole rings is 1. The van der Waals surface area contributed by atoms with Crippen LogP contribution < -0.4 is 10.3 Å². The first-order chi connectivity index (χ1) is 15.5. The Morgan fingerprint density at radius 1 is 1.09 bits per heavy atom. The Labute approximate surface area is 186 Å². The highest BCUT2D eigenvalue weighted by molar-refractivity contribution is 7.61. The van der Waals surface area contributed by atoms with Crippen LogP contribution in [0.2, 0.25) is 0 Å². The zero-order valence-electron chi connectivity index (χ0n) is 17.2. The van der Waals surface area contributed by atoms with Gasteiger partial charge >= 0.3 is 15.6 Å². The molecule has 6 N–H and O–H groups in total. The minimum Gasteiger partial charge on any atom is -0.387 e. The van der Waals surface area contributed by atoms with Crippen molar-refractivity contribution in [3.8, 4) is 0 Å². The Morgan fingerprint density at radius 2 is 1.82 bits per heavy atom. The van der Waals surface area contributed by atoms with E-state index in [1.165, 1.54) is 10.9 Å². The summed E-state index contributed by atoms with van der Waals surface area (Å²) in [6.07, 6.45) is -0.602. The van der Waals surface area contributed by atoms with Gasteiger partial charge in [0.2, 0.25) is 12.0 Å². The molecule has 15 nitrogen and oxygen atoms in total. The first-order valence-corrected chi connectivity index (χ1v) is 13.2. The summed E-state index contributed by atoms with van der Waals surface area (Å²) in [7, 11) is -9.99. The molecule has 2 aromatic heterocycles. The number of fused-ring (bicyclic) bond motifs is 7.